The normalized spacial score (nSPS) is 11.4. The number of thiazole rings is 1. The number of nitrogens with one attached hydrogen (secondary N) is 1. The minimum absolute atomic E-state index is 0.148. The van der Waals surface area contributed by atoms with Crippen molar-refractivity contribution >= 4 is 28.1 Å². The number of aromatic nitrogens is 4. The molecule has 13 heteroatoms. The molecule has 1 amide bonds. The molecule has 0 aliphatic carbocycles. The van der Waals surface area contributed by atoms with Crippen LogP contribution in [0.15, 0.2) is 29.6 Å². The molecular formula is C14H9F3N6O3S. The van der Waals surface area contributed by atoms with Gasteiger partial charge < -0.3 is 0 Å². The van der Waals surface area contributed by atoms with Crippen LogP contribution in [0, 0.1) is 17.0 Å². The van der Waals surface area contributed by atoms with Gasteiger partial charge in [0.15, 0.2) is 16.5 Å². The van der Waals surface area contributed by atoms with Crippen LogP contribution in [0.4, 0.5) is 24.0 Å². The number of carbonyl (C=O) groups excluding carboxylic acids is 1. The van der Waals surface area contributed by atoms with Crippen molar-refractivity contribution in [2.24, 2.45) is 0 Å². The van der Waals surface area contributed by atoms with Gasteiger partial charge >= 0.3 is 6.18 Å². The lowest BCUT2D eigenvalue weighted by atomic mass is 10.2. The summed E-state index contributed by atoms with van der Waals surface area (Å²) in [6.45, 7) is 1.50. The summed E-state index contributed by atoms with van der Waals surface area (Å²) in [6, 6.07) is 5.53. The van der Waals surface area contributed by atoms with Gasteiger partial charge in [0.05, 0.1) is 16.3 Å². The molecule has 0 saturated heterocycles. The molecule has 0 fully saturated rings. The molecule has 0 radical (unpaired) electrons. The summed E-state index contributed by atoms with van der Waals surface area (Å²) in [5, 5.41) is 21.1. The zero-order valence-electron chi connectivity index (χ0n) is 13.4. The maximum atomic E-state index is 12.6. The highest BCUT2D eigenvalue weighted by molar-refractivity contribution is 7.14. The quantitative estimate of drug-likeness (QED) is 0.533. The smallest absolute Gasteiger partial charge is 0.296 e. The zero-order chi connectivity index (χ0) is 19.8. The summed E-state index contributed by atoms with van der Waals surface area (Å²) < 4.78 is 38.9. The van der Waals surface area contributed by atoms with Crippen molar-refractivity contribution < 1.29 is 22.9 Å². The van der Waals surface area contributed by atoms with E-state index in [1.54, 1.807) is 0 Å². The lowest BCUT2D eigenvalue weighted by Crippen LogP contribution is -2.14. The zero-order valence-corrected chi connectivity index (χ0v) is 14.2. The molecule has 0 unspecified atom stereocenters. The van der Waals surface area contributed by atoms with Gasteiger partial charge in [-0.2, -0.15) is 13.2 Å². The number of halogens is 3. The molecule has 0 aliphatic rings. The minimum Gasteiger partial charge on any atom is -0.296 e. The first-order chi connectivity index (χ1) is 12.7. The van der Waals surface area contributed by atoms with Crippen LogP contribution in [0.25, 0.3) is 5.69 Å². The van der Waals surface area contributed by atoms with Gasteiger partial charge in [-0.3, -0.25) is 20.2 Å². The van der Waals surface area contributed by atoms with Crippen LogP contribution < -0.4 is 5.32 Å². The van der Waals surface area contributed by atoms with Crippen molar-refractivity contribution in [1.29, 1.82) is 0 Å². The topological polar surface area (TPSA) is 116 Å². The predicted molar refractivity (Wildman–Crippen MR) is 87.8 cm³/mol. The fraction of sp³-hybridized carbons (Fsp3) is 0.143. The maximum absolute atomic E-state index is 12.6. The molecule has 0 spiro atoms. The number of alkyl halides is 3. The van der Waals surface area contributed by atoms with Gasteiger partial charge in [-0.25, -0.2) is 9.67 Å². The Labute approximate surface area is 152 Å². The molecule has 27 heavy (non-hydrogen) atoms. The molecule has 140 valence electrons. The van der Waals surface area contributed by atoms with E-state index in [0.29, 0.717) is 17.0 Å². The second-order valence-electron chi connectivity index (χ2n) is 5.20. The lowest BCUT2D eigenvalue weighted by Gasteiger charge is -2.04. The summed E-state index contributed by atoms with van der Waals surface area (Å²) in [4.78, 5) is 25.9. The van der Waals surface area contributed by atoms with Crippen molar-refractivity contribution in [2.45, 2.75) is 13.1 Å². The van der Waals surface area contributed by atoms with E-state index in [-0.39, 0.29) is 22.2 Å². The first-order valence-corrected chi connectivity index (χ1v) is 8.06. The van der Waals surface area contributed by atoms with Crippen molar-refractivity contribution in [1.82, 2.24) is 20.0 Å². The van der Waals surface area contributed by atoms with Gasteiger partial charge in [-0.05, 0) is 13.0 Å². The van der Waals surface area contributed by atoms with E-state index in [4.69, 9.17) is 0 Å². The van der Waals surface area contributed by atoms with Gasteiger partial charge in [0.2, 0.25) is 0 Å². The van der Waals surface area contributed by atoms with Crippen molar-refractivity contribution in [2.75, 3.05) is 5.32 Å². The van der Waals surface area contributed by atoms with Gasteiger partial charge in [0, 0.05) is 17.5 Å². The molecule has 0 saturated carbocycles. The van der Waals surface area contributed by atoms with Crippen LogP contribution >= 0.6 is 11.3 Å². The van der Waals surface area contributed by atoms with Crippen LogP contribution in [-0.4, -0.2) is 30.8 Å². The predicted octanol–water partition coefficient (Wildman–Crippen LogP) is 3.21. The lowest BCUT2D eigenvalue weighted by molar-refractivity contribution is -0.384. The van der Waals surface area contributed by atoms with Crippen molar-refractivity contribution in [3.63, 3.8) is 0 Å². The third-order valence-corrected chi connectivity index (χ3v) is 4.17. The summed E-state index contributed by atoms with van der Waals surface area (Å²) in [5.74, 6) is -0.799. The molecule has 0 aliphatic heterocycles. The van der Waals surface area contributed by atoms with Gasteiger partial charge in [0.1, 0.15) is 0 Å². The Bertz CT molecular complexity index is 1030. The second-order valence-corrected chi connectivity index (χ2v) is 6.06. The highest BCUT2D eigenvalue weighted by atomic mass is 32.1. The number of anilines is 1. The van der Waals surface area contributed by atoms with Crippen LogP contribution in [0.1, 0.15) is 21.9 Å². The van der Waals surface area contributed by atoms with Gasteiger partial charge in [-0.1, -0.05) is 11.3 Å². The number of nitro groups is 1. The van der Waals surface area contributed by atoms with E-state index >= 15 is 0 Å². The Kier molecular flexibility index (Phi) is 4.61. The van der Waals surface area contributed by atoms with Crippen LogP contribution in [0.3, 0.4) is 0 Å². The second kappa shape index (κ2) is 6.75. The highest BCUT2D eigenvalue weighted by Gasteiger charge is 2.34. The van der Waals surface area contributed by atoms with Crippen molar-refractivity contribution in [3.8, 4) is 5.69 Å². The van der Waals surface area contributed by atoms with Crippen molar-refractivity contribution in [3.05, 3.63) is 56.8 Å². The fourth-order valence-corrected chi connectivity index (χ4v) is 2.85. The molecule has 0 atom stereocenters. The fourth-order valence-electron chi connectivity index (χ4n) is 2.14. The van der Waals surface area contributed by atoms with E-state index in [1.165, 1.54) is 35.9 Å². The monoisotopic (exact) mass is 398 g/mol. The third kappa shape index (κ3) is 3.76. The number of nitrogens with zero attached hydrogens (tertiary/aromatic N) is 5. The van der Waals surface area contributed by atoms with Crippen LogP contribution in [0.2, 0.25) is 0 Å². The summed E-state index contributed by atoms with van der Waals surface area (Å²) >= 11 is 0.621. The molecule has 3 aromatic rings. The Balaban J connectivity index is 1.84. The van der Waals surface area contributed by atoms with Gasteiger partial charge in [-0.15, -0.1) is 16.4 Å². The molecule has 0 bridgehead atoms. The molecule has 3 rings (SSSR count). The molecule has 9 nitrogen and oxygen atoms in total. The first-order valence-electron chi connectivity index (χ1n) is 7.18. The Hall–Kier alpha value is -3.35. The molecule has 1 aromatic carbocycles. The molecule has 2 aromatic heterocycles. The number of nitro benzene ring substituents is 1. The number of rotatable bonds is 4. The summed E-state index contributed by atoms with van der Waals surface area (Å²) in [6.07, 6.45) is -4.61. The number of non-ortho nitro benzene ring substituents is 1. The summed E-state index contributed by atoms with van der Waals surface area (Å²) in [5.41, 5.74) is -0.872. The Morgan fingerprint density at radius 3 is 2.74 bits per heavy atom. The number of hydrogen-bond acceptors (Lipinski definition) is 7. The third-order valence-electron chi connectivity index (χ3n) is 3.41. The van der Waals surface area contributed by atoms with Crippen LogP contribution in [0.5, 0.6) is 0 Å². The molecule has 2 heterocycles. The van der Waals surface area contributed by atoms with E-state index in [1.807, 2.05) is 0 Å². The van der Waals surface area contributed by atoms with E-state index in [9.17, 15) is 28.1 Å². The van der Waals surface area contributed by atoms with E-state index in [0.717, 1.165) is 5.38 Å². The van der Waals surface area contributed by atoms with Crippen LogP contribution in [-0.2, 0) is 6.18 Å². The number of hydrogen-bond donors (Lipinski definition) is 1. The Morgan fingerprint density at radius 1 is 1.37 bits per heavy atom. The average Bonchev–Trinajstić information content (AvgIpc) is 3.21. The minimum atomic E-state index is -4.61. The largest absolute Gasteiger partial charge is 0.434 e. The molecule has 1 N–H and O–H groups in total. The molecular weight excluding hydrogens is 389 g/mol. The maximum Gasteiger partial charge on any atom is 0.434 e. The van der Waals surface area contributed by atoms with E-state index in [2.05, 4.69) is 20.6 Å². The SMILES string of the molecule is Cc1c(C(=O)Nc2nc(C(F)(F)F)cs2)nnn1-c1cccc([N+](=O)[O-])c1. The first kappa shape index (κ1) is 18.4. The number of amides is 1. The Morgan fingerprint density at radius 2 is 2.11 bits per heavy atom. The summed E-state index contributed by atoms with van der Waals surface area (Å²) in [7, 11) is 0. The van der Waals surface area contributed by atoms with E-state index < -0.39 is 22.7 Å². The average molecular weight is 398 g/mol. The highest BCUT2D eigenvalue weighted by Crippen LogP contribution is 2.31. The standard InChI is InChI=1S/C14H9F3N6O3S/c1-7-11(12(24)19-13-18-10(6-27-13)14(15,16)17)20-21-22(7)8-3-2-4-9(5-8)23(25)26/h2-6H,1H3,(H,18,19,24). The number of carbonyl (C=O) groups is 1. The van der Waals surface area contributed by atoms with Gasteiger partial charge in [0.25, 0.3) is 11.6 Å². The number of benzene rings is 1.